The second-order valence-electron chi connectivity index (χ2n) is 14.6. The van der Waals surface area contributed by atoms with E-state index in [0.29, 0.717) is 6.42 Å². The Morgan fingerprint density at radius 1 is 0.824 bits per heavy atom. The number of hydrogen-bond donors (Lipinski definition) is 1. The summed E-state index contributed by atoms with van der Waals surface area (Å²) in [7, 11) is 0. The Morgan fingerprint density at radius 2 is 1.29 bits per heavy atom. The SMILES string of the molecule is CC=CC(C=CC)(CC(C)(C)N1CCCC1=O)N(C(C)(C)CC(C)(C)C)C(C)(N)CC(C)(C)C. The first-order chi connectivity index (χ1) is 15.1. The van der Waals surface area contributed by atoms with Crippen LogP contribution in [0.25, 0.3) is 0 Å². The molecule has 0 aromatic heterocycles. The highest BCUT2D eigenvalue weighted by Gasteiger charge is 2.53. The Balaban J connectivity index is 3.85. The van der Waals surface area contributed by atoms with Gasteiger partial charge < -0.3 is 10.6 Å². The average Bonchev–Trinajstić information content (AvgIpc) is 2.96. The minimum Gasteiger partial charge on any atom is -0.337 e. The molecule has 0 aromatic carbocycles. The number of carbonyl (C=O) groups is 1. The summed E-state index contributed by atoms with van der Waals surface area (Å²) in [5.74, 6) is 0.269. The summed E-state index contributed by atoms with van der Waals surface area (Å²) in [6, 6.07) is 0. The van der Waals surface area contributed by atoms with Crippen LogP contribution in [0.5, 0.6) is 0 Å². The van der Waals surface area contributed by atoms with Crippen molar-refractivity contribution >= 4 is 5.91 Å². The highest BCUT2D eigenvalue weighted by atomic mass is 16.2. The summed E-state index contributed by atoms with van der Waals surface area (Å²) in [6.07, 6.45) is 13.2. The molecule has 1 aliphatic rings. The van der Waals surface area contributed by atoms with Crippen LogP contribution in [0.4, 0.5) is 0 Å². The Hall–Kier alpha value is -1.13. The predicted octanol–water partition coefficient (Wildman–Crippen LogP) is 7.30. The molecular formula is C30H57N3O. The lowest BCUT2D eigenvalue weighted by Gasteiger charge is -2.60. The summed E-state index contributed by atoms with van der Waals surface area (Å²) >= 11 is 0. The first-order valence-electron chi connectivity index (χ1n) is 13.3. The van der Waals surface area contributed by atoms with Gasteiger partial charge in [0.05, 0.1) is 11.2 Å². The van der Waals surface area contributed by atoms with E-state index in [9.17, 15) is 4.79 Å². The first-order valence-corrected chi connectivity index (χ1v) is 13.3. The Labute approximate surface area is 212 Å². The van der Waals surface area contributed by atoms with Crippen LogP contribution in [0, 0.1) is 10.8 Å². The van der Waals surface area contributed by atoms with E-state index in [4.69, 9.17) is 5.73 Å². The first kappa shape index (κ1) is 30.9. The summed E-state index contributed by atoms with van der Waals surface area (Å²) < 4.78 is 0. The van der Waals surface area contributed by atoms with Gasteiger partial charge in [0.25, 0.3) is 0 Å². The Bertz CT molecular complexity index is 704. The molecule has 0 saturated carbocycles. The van der Waals surface area contributed by atoms with Crippen LogP contribution in [-0.2, 0) is 4.79 Å². The zero-order chi connectivity index (χ0) is 26.8. The van der Waals surface area contributed by atoms with Crippen LogP contribution in [0.3, 0.4) is 0 Å². The van der Waals surface area contributed by atoms with Gasteiger partial charge in [0.1, 0.15) is 0 Å². The van der Waals surface area contributed by atoms with Gasteiger partial charge in [-0.05, 0) is 85.0 Å². The highest BCUT2D eigenvalue weighted by Crippen LogP contribution is 2.47. The molecule has 1 atom stereocenters. The minimum atomic E-state index is -0.572. The van der Waals surface area contributed by atoms with Crippen LogP contribution in [0.2, 0.25) is 0 Å². The molecule has 198 valence electrons. The second kappa shape index (κ2) is 10.5. The van der Waals surface area contributed by atoms with E-state index in [2.05, 4.69) is 124 Å². The van der Waals surface area contributed by atoms with Crippen molar-refractivity contribution in [2.75, 3.05) is 6.54 Å². The molecular weight excluding hydrogens is 418 g/mol. The van der Waals surface area contributed by atoms with Crippen molar-refractivity contribution < 1.29 is 4.79 Å². The van der Waals surface area contributed by atoms with Gasteiger partial charge in [0.2, 0.25) is 5.91 Å². The standard InChI is InChI=1S/C30H57N3O/c1-14-18-30(19-15-2,23-27(9,10)32-20-16-17-24(32)34)33(28(11,12)21-25(3,4)5)29(13,31)22-26(6,7)8/h14-15,18-19H,16-17,20-23,31H2,1-13H3. The van der Waals surface area contributed by atoms with Crippen molar-refractivity contribution in [1.29, 1.82) is 0 Å². The fourth-order valence-electron chi connectivity index (χ4n) is 7.32. The molecule has 1 aliphatic heterocycles. The van der Waals surface area contributed by atoms with Gasteiger partial charge in [0.15, 0.2) is 0 Å². The third kappa shape index (κ3) is 7.95. The third-order valence-corrected chi connectivity index (χ3v) is 6.81. The van der Waals surface area contributed by atoms with Crippen molar-refractivity contribution in [2.24, 2.45) is 16.6 Å². The molecule has 0 bridgehead atoms. The van der Waals surface area contributed by atoms with Crippen molar-refractivity contribution in [1.82, 2.24) is 9.80 Å². The average molecular weight is 476 g/mol. The second-order valence-corrected chi connectivity index (χ2v) is 14.6. The van der Waals surface area contributed by atoms with Crippen LogP contribution in [-0.4, -0.2) is 44.5 Å². The van der Waals surface area contributed by atoms with Crippen LogP contribution < -0.4 is 5.73 Å². The number of carbonyl (C=O) groups excluding carboxylic acids is 1. The normalized spacial score (nSPS) is 20.6. The molecule has 34 heavy (non-hydrogen) atoms. The zero-order valence-electron chi connectivity index (χ0n) is 24.9. The molecule has 0 radical (unpaired) electrons. The molecule has 0 spiro atoms. The number of rotatable bonds is 10. The lowest BCUT2D eigenvalue weighted by Crippen LogP contribution is -2.72. The lowest BCUT2D eigenvalue weighted by molar-refractivity contribution is -0.134. The summed E-state index contributed by atoms with van der Waals surface area (Å²) in [6.45, 7) is 30.1. The maximum absolute atomic E-state index is 12.8. The van der Waals surface area contributed by atoms with Gasteiger partial charge in [-0.3, -0.25) is 9.69 Å². The zero-order valence-corrected chi connectivity index (χ0v) is 24.9. The van der Waals surface area contributed by atoms with Crippen LogP contribution in [0.1, 0.15) is 122 Å². The summed E-state index contributed by atoms with van der Waals surface area (Å²) in [4.78, 5) is 17.5. The smallest absolute Gasteiger partial charge is 0.223 e. The van der Waals surface area contributed by atoms with Gasteiger partial charge in [-0.15, -0.1) is 0 Å². The summed E-state index contributed by atoms with van der Waals surface area (Å²) in [5, 5.41) is 0. The Kier molecular flexibility index (Phi) is 9.51. The van der Waals surface area contributed by atoms with E-state index in [1.54, 1.807) is 0 Å². The lowest BCUT2D eigenvalue weighted by atomic mass is 9.71. The van der Waals surface area contributed by atoms with Gasteiger partial charge in [-0.1, -0.05) is 65.8 Å². The predicted molar refractivity (Wildman–Crippen MR) is 149 cm³/mol. The number of hydrogen-bond acceptors (Lipinski definition) is 3. The van der Waals surface area contributed by atoms with E-state index >= 15 is 0 Å². The molecule has 4 nitrogen and oxygen atoms in total. The number of nitrogens with two attached hydrogens (primary N) is 1. The molecule has 0 aliphatic carbocycles. The number of allylic oxidation sites excluding steroid dienone is 2. The maximum atomic E-state index is 12.8. The fraction of sp³-hybridized carbons (Fsp3) is 0.833. The van der Waals surface area contributed by atoms with E-state index in [-0.39, 0.29) is 27.8 Å². The molecule has 1 fully saturated rings. The maximum Gasteiger partial charge on any atom is 0.223 e. The van der Waals surface area contributed by atoms with Gasteiger partial charge >= 0.3 is 0 Å². The molecule has 0 aromatic rings. The third-order valence-electron chi connectivity index (χ3n) is 6.81. The molecule has 1 heterocycles. The van der Waals surface area contributed by atoms with Crippen LogP contribution in [0.15, 0.2) is 24.3 Å². The summed E-state index contributed by atoms with van der Waals surface area (Å²) in [5.41, 5.74) is 6.06. The van der Waals surface area contributed by atoms with E-state index < -0.39 is 11.2 Å². The molecule has 1 unspecified atom stereocenters. The molecule has 2 N–H and O–H groups in total. The quantitative estimate of drug-likeness (QED) is 0.266. The molecule has 1 saturated heterocycles. The van der Waals surface area contributed by atoms with E-state index in [0.717, 1.165) is 32.2 Å². The van der Waals surface area contributed by atoms with Crippen molar-refractivity contribution in [3.63, 3.8) is 0 Å². The van der Waals surface area contributed by atoms with Crippen molar-refractivity contribution in [3.8, 4) is 0 Å². The van der Waals surface area contributed by atoms with E-state index in [1.807, 2.05) is 0 Å². The van der Waals surface area contributed by atoms with Gasteiger partial charge in [-0.2, -0.15) is 0 Å². The van der Waals surface area contributed by atoms with Gasteiger partial charge in [0, 0.05) is 24.0 Å². The van der Waals surface area contributed by atoms with E-state index in [1.165, 1.54) is 0 Å². The fourth-order valence-corrected chi connectivity index (χ4v) is 7.32. The van der Waals surface area contributed by atoms with Crippen molar-refractivity contribution in [3.05, 3.63) is 24.3 Å². The largest absolute Gasteiger partial charge is 0.337 e. The Morgan fingerprint density at radius 3 is 1.65 bits per heavy atom. The molecule has 1 amide bonds. The van der Waals surface area contributed by atoms with Crippen molar-refractivity contribution in [2.45, 2.75) is 144 Å². The monoisotopic (exact) mass is 475 g/mol. The minimum absolute atomic E-state index is 0.0671. The number of likely N-dealkylation sites (tertiary alicyclic amines) is 1. The number of amides is 1. The molecule has 1 rings (SSSR count). The number of nitrogens with zero attached hydrogens (tertiary/aromatic N) is 2. The van der Waals surface area contributed by atoms with Gasteiger partial charge in [-0.25, -0.2) is 0 Å². The highest BCUT2D eigenvalue weighted by molar-refractivity contribution is 5.78. The van der Waals surface area contributed by atoms with Crippen LogP contribution >= 0.6 is 0 Å². The molecule has 4 heteroatoms. The topological polar surface area (TPSA) is 49.6 Å².